The summed E-state index contributed by atoms with van der Waals surface area (Å²) in [4.78, 5) is 23.8. The lowest BCUT2D eigenvalue weighted by Crippen LogP contribution is -2.34. The van der Waals surface area contributed by atoms with Gasteiger partial charge >= 0.3 is 0 Å². The molecule has 3 N–H and O–H groups in total. The van der Waals surface area contributed by atoms with E-state index in [1.54, 1.807) is 19.1 Å². The maximum atomic E-state index is 11.7. The Bertz CT molecular complexity index is 454. The molecule has 0 aromatic carbocycles. The van der Waals surface area contributed by atoms with Gasteiger partial charge in [0.25, 0.3) is 5.91 Å². The second-order valence-electron chi connectivity index (χ2n) is 4.48. The molecule has 2 rings (SSSR count). The number of amides is 2. The Hall–Kier alpha value is -1.40. The Morgan fingerprint density at radius 2 is 2.22 bits per heavy atom. The number of thiophene rings is 1. The number of aliphatic hydroxyl groups is 1. The topological polar surface area (TPSA) is 78.4 Å². The monoisotopic (exact) mass is 268 g/mol. The summed E-state index contributed by atoms with van der Waals surface area (Å²) in [6.07, 6.45) is 1.91. The van der Waals surface area contributed by atoms with Crippen LogP contribution >= 0.6 is 11.3 Å². The molecule has 98 valence electrons. The molecule has 1 aliphatic carbocycles. The maximum Gasteiger partial charge on any atom is 0.261 e. The Balaban J connectivity index is 1.92. The van der Waals surface area contributed by atoms with Crippen molar-refractivity contribution in [1.82, 2.24) is 5.32 Å². The summed E-state index contributed by atoms with van der Waals surface area (Å²) in [7, 11) is 0. The first-order chi connectivity index (χ1) is 8.60. The van der Waals surface area contributed by atoms with E-state index in [0.29, 0.717) is 9.88 Å². The minimum Gasteiger partial charge on any atom is -0.394 e. The first kappa shape index (κ1) is 13.0. The zero-order valence-electron chi connectivity index (χ0n) is 10.1. The van der Waals surface area contributed by atoms with E-state index < -0.39 is 0 Å². The normalized spacial score (nSPS) is 16.1. The van der Waals surface area contributed by atoms with Gasteiger partial charge in [-0.05, 0) is 31.9 Å². The third-order valence-corrected chi connectivity index (χ3v) is 3.68. The van der Waals surface area contributed by atoms with Crippen LogP contribution in [0, 0.1) is 5.92 Å². The number of hydrogen-bond acceptors (Lipinski definition) is 4. The van der Waals surface area contributed by atoms with E-state index in [1.165, 1.54) is 11.3 Å². The molecular weight excluding hydrogens is 252 g/mol. The van der Waals surface area contributed by atoms with Gasteiger partial charge in [-0.25, -0.2) is 0 Å². The molecule has 0 spiro atoms. The number of rotatable bonds is 5. The van der Waals surface area contributed by atoms with Crippen LogP contribution in [0.1, 0.15) is 29.4 Å². The highest BCUT2D eigenvalue weighted by atomic mass is 32.1. The molecule has 5 nitrogen and oxygen atoms in total. The second kappa shape index (κ2) is 5.49. The largest absolute Gasteiger partial charge is 0.394 e. The minimum absolute atomic E-state index is 0.0348. The predicted molar refractivity (Wildman–Crippen MR) is 69.7 cm³/mol. The number of carbonyl (C=O) groups excluding carboxylic acids is 2. The van der Waals surface area contributed by atoms with Gasteiger partial charge in [-0.15, -0.1) is 11.3 Å². The fraction of sp³-hybridized carbons (Fsp3) is 0.500. The van der Waals surface area contributed by atoms with Crippen LogP contribution in [0.5, 0.6) is 0 Å². The van der Waals surface area contributed by atoms with E-state index in [9.17, 15) is 9.59 Å². The first-order valence-electron chi connectivity index (χ1n) is 5.92. The van der Waals surface area contributed by atoms with Crippen LogP contribution in [-0.2, 0) is 4.79 Å². The van der Waals surface area contributed by atoms with E-state index in [-0.39, 0.29) is 30.4 Å². The third-order valence-electron chi connectivity index (χ3n) is 2.68. The molecule has 0 radical (unpaired) electrons. The van der Waals surface area contributed by atoms with Gasteiger partial charge in [0, 0.05) is 12.0 Å². The van der Waals surface area contributed by atoms with Crippen LogP contribution in [0.3, 0.4) is 0 Å². The van der Waals surface area contributed by atoms with E-state index in [4.69, 9.17) is 5.11 Å². The Kier molecular flexibility index (Phi) is 3.98. The molecule has 18 heavy (non-hydrogen) atoms. The summed E-state index contributed by atoms with van der Waals surface area (Å²) in [5.74, 6) is -0.0419. The van der Waals surface area contributed by atoms with Gasteiger partial charge in [-0.3, -0.25) is 9.59 Å². The molecule has 1 saturated carbocycles. The highest BCUT2D eigenvalue weighted by Gasteiger charge is 2.29. The van der Waals surface area contributed by atoms with Gasteiger partial charge in [0.05, 0.1) is 16.5 Å². The van der Waals surface area contributed by atoms with Crippen LogP contribution in [0.15, 0.2) is 12.1 Å². The zero-order valence-corrected chi connectivity index (χ0v) is 10.9. The van der Waals surface area contributed by atoms with Crippen molar-refractivity contribution in [2.75, 3.05) is 11.9 Å². The van der Waals surface area contributed by atoms with Gasteiger partial charge in [0.15, 0.2) is 0 Å². The average molecular weight is 268 g/mol. The quantitative estimate of drug-likeness (QED) is 0.751. The van der Waals surface area contributed by atoms with Crippen LogP contribution < -0.4 is 10.6 Å². The molecule has 1 aliphatic rings. The Labute approximate surface area is 109 Å². The number of aliphatic hydroxyl groups excluding tert-OH is 1. The molecule has 1 heterocycles. The van der Waals surface area contributed by atoms with Crippen molar-refractivity contribution in [3.8, 4) is 0 Å². The van der Waals surface area contributed by atoms with Crippen LogP contribution in [0.2, 0.25) is 0 Å². The van der Waals surface area contributed by atoms with Gasteiger partial charge in [0.1, 0.15) is 0 Å². The lowest BCUT2D eigenvalue weighted by molar-refractivity contribution is -0.117. The predicted octanol–water partition coefficient (Wildman–Crippen LogP) is 1.21. The second-order valence-corrected chi connectivity index (χ2v) is 5.57. The van der Waals surface area contributed by atoms with E-state index in [1.807, 2.05) is 0 Å². The van der Waals surface area contributed by atoms with E-state index in [2.05, 4.69) is 10.6 Å². The van der Waals surface area contributed by atoms with Crippen LogP contribution in [-0.4, -0.2) is 29.6 Å². The number of nitrogens with one attached hydrogen (secondary N) is 2. The summed E-state index contributed by atoms with van der Waals surface area (Å²) in [5.41, 5.74) is 0. The van der Waals surface area contributed by atoms with Gasteiger partial charge in [-0.1, -0.05) is 0 Å². The third kappa shape index (κ3) is 3.30. The first-order valence-corrected chi connectivity index (χ1v) is 6.74. The summed E-state index contributed by atoms with van der Waals surface area (Å²) < 4.78 is 0. The van der Waals surface area contributed by atoms with Crippen molar-refractivity contribution in [2.45, 2.75) is 25.8 Å². The zero-order chi connectivity index (χ0) is 13.1. The molecule has 1 atom stereocenters. The van der Waals surface area contributed by atoms with Crippen molar-refractivity contribution in [3.63, 3.8) is 0 Å². The van der Waals surface area contributed by atoms with Crippen molar-refractivity contribution in [3.05, 3.63) is 17.0 Å². The molecule has 1 aromatic rings. The van der Waals surface area contributed by atoms with Gasteiger partial charge < -0.3 is 15.7 Å². The van der Waals surface area contributed by atoms with Crippen molar-refractivity contribution in [2.24, 2.45) is 5.92 Å². The van der Waals surface area contributed by atoms with Gasteiger partial charge in [-0.2, -0.15) is 0 Å². The summed E-state index contributed by atoms with van der Waals surface area (Å²) in [5, 5.41) is 15.0. The fourth-order valence-corrected chi connectivity index (χ4v) is 2.25. The highest BCUT2D eigenvalue weighted by molar-refractivity contribution is 7.18. The lowest BCUT2D eigenvalue weighted by atomic mass is 10.3. The maximum absolute atomic E-state index is 11.7. The summed E-state index contributed by atoms with van der Waals surface area (Å²) in [6, 6.07) is 3.12. The molecule has 1 fully saturated rings. The molecule has 0 bridgehead atoms. The molecule has 2 amide bonds. The van der Waals surface area contributed by atoms with Crippen molar-refractivity contribution in [1.29, 1.82) is 0 Å². The summed E-state index contributed by atoms with van der Waals surface area (Å²) in [6.45, 7) is 1.63. The van der Waals surface area contributed by atoms with Crippen molar-refractivity contribution >= 4 is 28.2 Å². The lowest BCUT2D eigenvalue weighted by Gasteiger charge is -2.08. The number of carbonyl (C=O) groups is 2. The van der Waals surface area contributed by atoms with Crippen molar-refractivity contribution < 1.29 is 14.7 Å². The molecule has 6 heteroatoms. The number of anilines is 1. The molecule has 0 saturated heterocycles. The molecule has 0 unspecified atom stereocenters. The van der Waals surface area contributed by atoms with Crippen LogP contribution in [0.25, 0.3) is 0 Å². The fourth-order valence-electron chi connectivity index (χ4n) is 1.44. The Morgan fingerprint density at radius 1 is 1.50 bits per heavy atom. The van der Waals surface area contributed by atoms with Gasteiger partial charge in [0.2, 0.25) is 5.91 Å². The Morgan fingerprint density at radius 3 is 2.83 bits per heavy atom. The van der Waals surface area contributed by atoms with E-state index >= 15 is 0 Å². The minimum atomic E-state index is -0.274. The standard InChI is InChI=1S/C12H16N2O3S/c1-7(6-15)13-12(17)9-4-5-10(18-9)14-11(16)8-2-3-8/h4-5,7-8,15H,2-3,6H2,1H3,(H,13,17)(H,14,16)/t7-/m1/s1. The average Bonchev–Trinajstić information content (AvgIpc) is 3.10. The highest BCUT2D eigenvalue weighted by Crippen LogP contribution is 2.31. The summed E-state index contributed by atoms with van der Waals surface area (Å²) >= 11 is 1.24. The number of hydrogen-bond donors (Lipinski definition) is 3. The molecular formula is C12H16N2O3S. The van der Waals surface area contributed by atoms with Crippen LogP contribution in [0.4, 0.5) is 5.00 Å². The molecule has 0 aliphatic heterocycles. The van der Waals surface area contributed by atoms with E-state index in [0.717, 1.165) is 12.8 Å². The molecule has 1 aromatic heterocycles. The smallest absolute Gasteiger partial charge is 0.261 e. The SMILES string of the molecule is C[C@H](CO)NC(=O)c1ccc(NC(=O)C2CC2)s1.